The molecule has 1 saturated carbocycles. The topological polar surface area (TPSA) is 146 Å². The van der Waals surface area contributed by atoms with Crippen LogP contribution in [0.1, 0.15) is 29.1 Å². The summed E-state index contributed by atoms with van der Waals surface area (Å²) in [5, 5.41) is 0. The molecule has 1 aromatic heterocycles. The molecule has 2 aromatic rings. The van der Waals surface area contributed by atoms with Crippen molar-refractivity contribution in [1.29, 1.82) is 0 Å². The van der Waals surface area contributed by atoms with Gasteiger partial charge in [-0.3, -0.25) is 14.5 Å². The second kappa shape index (κ2) is 11.2. The van der Waals surface area contributed by atoms with E-state index in [1.54, 1.807) is 4.90 Å². The van der Waals surface area contributed by atoms with Crippen LogP contribution in [0.2, 0.25) is 0 Å². The Hall–Kier alpha value is -3.29. The Bertz CT molecular complexity index is 1090. The summed E-state index contributed by atoms with van der Waals surface area (Å²) in [4.78, 5) is 32.8. The minimum Gasteiger partial charge on any atom is -0.489 e. The number of rotatable bonds is 11. The van der Waals surface area contributed by atoms with E-state index in [2.05, 4.69) is 9.72 Å². The molecule has 13 heteroatoms. The van der Waals surface area contributed by atoms with E-state index >= 15 is 0 Å². The van der Waals surface area contributed by atoms with Crippen LogP contribution in [-0.2, 0) is 16.1 Å². The largest absolute Gasteiger partial charge is 0.489 e. The minimum atomic E-state index is -3.01. The molecule has 11 nitrogen and oxygen atoms in total. The number of amides is 2. The SMILES string of the molecule is COCN1CCN(C(=O)c2nc(-c3ccc(OC(F)F)c(OCC4CC4)c3)oc2CN)CC1C(N)=O. The van der Waals surface area contributed by atoms with E-state index < -0.39 is 24.5 Å². The molecule has 1 aliphatic carbocycles. The van der Waals surface area contributed by atoms with Gasteiger partial charge in [-0.15, -0.1) is 0 Å². The molecule has 0 spiro atoms. The molecule has 2 heterocycles. The summed E-state index contributed by atoms with van der Waals surface area (Å²) in [6.45, 7) is -1.78. The molecule has 4 N–H and O–H groups in total. The number of aromatic nitrogens is 1. The Morgan fingerprint density at radius 3 is 2.67 bits per heavy atom. The molecule has 0 bridgehead atoms. The van der Waals surface area contributed by atoms with Crippen LogP contribution in [0.4, 0.5) is 8.78 Å². The number of nitrogens with two attached hydrogens (primary N) is 2. The molecule has 1 atom stereocenters. The molecular weight excluding hydrogens is 480 g/mol. The molecule has 36 heavy (non-hydrogen) atoms. The number of benzene rings is 1. The van der Waals surface area contributed by atoms with Gasteiger partial charge in [-0.2, -0.15) is 8.78 Å². The van der Waals surface area contributed by atoms with Gasteiger partial charge in [-0.05, 0) is 37.0 Å². The van der Waals surface area contributed by atoms with E-state index in [4.69, 9.17) is 25.4 Å². The summed E-state index contributed by atoms with van der Waals surface area (Å²) < 4.78 is 46.8. The van der Waals surface area contributed by atoms with Gasteiger partial charge < -0.3 is 35.0 Å². The number of piperazine rings is 1. The van der Waals surface area contributed by atoms with Crippen molar-refractivity contribution in [1.82, 2.24) is 14.8 Å². The zero-order chi connectivity index (χ0) is 25.8. The second-order valence-corrected chi connectivity index (χ2v) is 8.69. The minimum absolute atomic E-state index is 0.00395. The highest BCUT2D eigenvalue weighted by atomic mass is 19.3. The number of halogens is 2. The number of methoxy groups -OCH3 is 1. The van der Waals surface area contributed by atoms with Crippen molar-refractivity contribution in [2.75, 3.05) is 40.1 Å². The van der Waals surface area contributed by atoms with E-state index in [0.717, 1.165) is 12.8 Å². The van der Waals surface area contributed by atoms with Crippen LogP contribution in [0.15, 0.2) is 22.6 Å². The third kappa shape index (κ3) is 5.91. The van der Waals surface area contributed by atoms with Gasteiger partial charge in [0, 0.05) is 32.3 Å². The molecule has 2 fully saturated rings. The van der Waals surface area contributed by atoms with Crippen LogP contribution in [0, 0.1) is 5.92 Å². The third-order valence-corrected chi connectivity index (χ3v) is 6.07. The predicted molar refractivity (Wildman–Crippen MR) is 122 cm³/mol. The maximum atomic E-state index is 13.3. The normalized spacial score (nSPS) is 18.5. The first-order chi connectivity index (χ1) is 17.3. The number of hydrogen-bond donors (Lipinski definition) is 2. The molecular formula is C23H29F2N5O6. The second-order valence-electron chi connectivity index (χ2n) is 8.69. The quantitative estimate of drug-likeness (QED) is 0.459. The first kappa shape index (κ1) is 25.8. The molecule has 1 aromatic carbocycles. The Morgan fingerprint density at radius 2 is 2.03 bits per heavy atom. The fourth-order valence-corrected chi connectivity index (χ4v) is 3.97. The van der Waals surface area contributed by atoms with E-state index in [-0.39, 0.29) is 48.7 Å². The highest BCUT2D eigenvalue weighted by Gasteiger charge is 2.35. The fourth-order valence-electron chi connectivity index (χ4n) is 3.97. The number of carbonyl (C=O) groups excluding carboxylic acids is 2. The van der Waals surface area contributed by atoms with Crippen LogP contribution in [0.25, 0.3) is 11.5 Å². The van der Waals surface area contributed by atoms with Gasteiger partial charge in [-0.25, -0.2) is 4.98 Å². The van der Waals surface area contributed by atoms with E-state index in [9.17, 15) is 18.4 Å². The molecule has 2 amide bonds. The average molecular weight is 510 g/mol. The summed E-state index contributed by atoms with van der Waals surface area (Å²) in [6.07, 6.45) is 2.04. The molecule has 1 aliphatic heterocycles. The Morgan fingerprint density at radius 1 is 1.25 bits per heavy atom. The van der Waals surface area contributed by atoms with E-state index in [0.29, 0.717) is 31.2 Å². The highest BCUT2D eigenvalue weighted by molar-refractivity contribution is 5.94. The van der Waals surface area contributed by atoms with Crippen molar-refractivity contribution in [3.63, 3.8) is 0 Å². The third-order valence-electron chi connectivity index (χ3n) is 6.07. The Kier molecular flexibility index (Phi) is 8.01. The monoisotopic (exact) mass is 509 g/mol. The maximum Gasteiger partial charge on any atom is 0.387 e. The smallest absolute Gasteiger partial charge is 0.387 e. The summed E-state index contributed by atoms with van der Waals surface area (Å²) in [7, 11) is 1.51. The van der Waals surface area contributed by atoms with Crippen LogP contribution in [0.5, 0.6) is 11.5 Å². The number of primary amides is 1. The first-order valence-corrected chi connectivity index (χ1v) is 11.5. The number of ether oxygens (including phenoxy) is 3. The molecule has 196 valence electrons. The predicted octanol–water partition coefficient (Wildman–Crippen LogP) is 1.41. The zero-order valence-corrected chi connectivity index (χ0v) is 19.8. The van der Waals surface area contributed by atoms with Crippen LogP contribution < -0.4 is 20.9 Å². The summed E-state index contributed by atoms with van der Waals surface area (Å²) in [5.41, 5.74) is 11.7. The lowest BCUT2D eigenvalue weighted by Crippen LogP contribution is -2.59. The van der Waals surface area contributed by atoms with Crippen LogP contribution >= 0.6 is 0 Å². The molecule has 4 rings (SSSR count). The number of oxazole rings is 1. The van der Waals surface area contributed by atoms with Gasteiger partial charge in [0.25, 0.3) is 5.91 Å². The summed E-state index contributed by atoms with van der Waals surface area (Å²) in [5.74, 6) is -0.412. The number of hydrogen-bond acceptors (Lipinski definition) is 9. The number of alkyl halides is 2. The van der Waals surface area contributed by atoms with Crippen molar-refractivity contribution in [3.05, 3.63) is 29.7 Å². The van der Waals surface area contributed by atoms with E-state index in [1.165, 1.54) is 30.2 Å². The van der Waals surface area contributed by atoms with Crippen molar-refractivity contribution >= 4 is 11.8 Å². The Labute approximate surface area is 206 Å². The van der Waals surface area contributed by atoms with Crippen molar-refractivity contribution in [3.8, 4) is 23.0 Å². The molecule has 2 aliphatic rings. The van der Waals surface area contributed by atoms with Gasteiger partial charge in [0.05, 0.1) is 19.9 Å². The first-order valence-electron chi connectivity index (χ1n) is 11.5. The lowest BCUT2D eigenvalue weighted by Gasteiger charge is -2.39. The lowest BCUT2D eigenvalue weighted by atomic mass is 10.1. The summed E-state index contributed by atoms with van der Waals surface area (Å²) >= 11 is 0. The zero-order valence-electron chi connectivity index (χ0n) is 19.8. The van der Waals surface area contributed by atoms with Gasteiger partial charge in [-0.1, -0.05) is 0 Å². The maximum absolute atomic E-state index is 13.3. The molecule has 1 unspecified atom stereocenters. The number of nitrogens with zero attached hydrogens (tertiary/aromatic N) is 3. The average Bonchev–Trinajstić information content (AvgIpc) is 3.59. The van der Waals surface area contributed by atoms with Crippen molar-refractivity contribution in [2.24, 2.45) is 17.4 Å². The Balaban J connectivity index is 1.57. The van der Waals surface area contributed by atoms with Gasteiger partial charge in [0.2, 0.25) is 11.8 Å². The van der Waals surface area contributed by atoms with Crippen LogP contribution in [0.3, 0.4) is 0 Å². The summed E-state index contributed by atoms with van der Waals surface area (Å²) in [6, 6.07) is 3.58. The standard InChI is InChI=1S/C23H29F2N5O6/c1-33-12-30-7-6-29(10-15(30)20(27)31)22(32)19-18(9-26)35-21(28-19)14-4-5-16(36-23(24)25)17(8-14)34-11-13-2-3-13/h4-5,8,13,15,23H,2-3,6-7,9-12,26H2,1H3,(H2,27,31). The molecule has 0 radical (unpaired) electrons. The number of carbonyl (C=O) groups is 2. The van der Waals surface area contributed by atoms with Crippen LogP contribution in [-0.4, -0.2) is 79.3 Å². The van der Waals surface area contributed by atoms with Crippen molar-refractivity contribution in [2.45, 2.75) is 32.0 Å². The van der Waals surface area contributed by atoms with Gasteiger partial charge >= 0.3 is 6.61 Å². The van der Waals surface area contributed by atoms with Gasteiger partial charge in [0.1, 0.15) is 6.04 Å². The fraction of sp³-hybridized carbons (Fsp3) is 0.522. The van der Waals surface area contributed by atoms with Gasteiger partial charge in [0.15, 0.2) is 23.0 Å². The lowest BCUT2D eigenvalue weighted by molar-refractivity contribution is -0.127. The molecule has 1 saturated heterocycles. The van der Waals surface area contributed by atoms with Crippen molar-refractivity contribution < 1.29 is 37.0 Å². The van der Waals surface area contributed by atoms with E-state index in [1.807, 2.05) is 0 Å². The highest BCUT2D eigenvalue weighted by Crippen LogP contribution is 2.36.